The number of aliphatic imine (C=N–C) groups is 1. The van der Waals surface area contributed by atoms with Gasteiger partial charge in [-0.1, -0.05) is 36.4 Å². The largest absolute Gasteiger partial charge is 0.383 e. The van der Waals surface area contributed by atoms with Gasteiger partial charge in [-0.15, -0.1) is 0 Å². The molecule has 0 aliphatic carbocycles. The molecule has 2 aromatic rings. The van der Waals surface area contributed by atoms with Gasteiger partial charge in [-0.05, 0) is 19.1 Å². The van der Waals surface area contributed by atoms with Crippen molar-refractivity contribution < 1.29 is 0 Å². The van der Waals surface area contributed by atoms with E-state index in [1.54, 1.807) is 6.20 Å². The molecule has 0 bridgehead atoms. The Kier molecular flexibility index (Phi) is 3.50. The summed E-state index contributed by atoms with van der Waals surface area (Å²) in [5.74, 6) is 0.545. The highest BCUT2D eigenvalue weighted by atomic mass is 14.9. The molecule has 0 fully saturated rings. The first-order valence-corrected chi connectivity index (χ1v) is 5.57. The smallest absolute Gasteiger partial charge is 0.126 e. The molecule has 0 amide bonds. The summed E-state index contributed by atoms with van der Waals surface area (Å²) in [7, 11) is 0. The Bertz CT molecular complexity index is 491. The van der Waals surface area contributed by atoms with Crippen LogP contribution in [0.2, 0.25) is 0 Å². The Morgan fingerprint density at radius 2 is 1.82 bits per heavy atom. The zero-order chi connectivity index (χ0) is 12.1. The molecule has 1 aromatic carbocycles. The third-order valence-corrected chi connectivity index (χ3v) is 2.52. The number of pyridine rings is 1. The second-order valence-corrected chi connectivity index (χ2v) is 3.81. The maximum Gasteiger partial charge on any atom is 0.126 e. The maximum atomic E-state index is 5.96. The summed E-state index contributed by atoms with van der Waals surface area (Å²) in [5, 5.41) is 0. The van der Waals surface area contributed by atoms with Crippen LogP contribution in [0, 0.1) is 0 Å². The number of hydrogen-bond acceptors (Lipinski definition) is 2. The van der Waals surface area contributed by atoms with Gasteiger partial charge < -0.3 is 5.73 Å². The van der Waals surface area contributed by atoms with E-state index < -0.39 is 0 Å². The molecule has 1 unspecified atom stereocenters. The molecular weight excluding hydrogens is 210 g/mol. The highest BCUT2D eigenvalue weighted by Gasteiger charge is 2.05. The van der Waals surface area contributed by atoms with E-state index in [-0.39, 0.29) is 6.04 Å². The van der Waals surface area contributed by atoms with Crippen molar-refractivity contribution in [2.75, 3.05) is 0 Å². The van der Waals surface area contributed by atoms with Gasteiger partial charge in [-0.2, -0.15) is 0 Å². The predicted molar refractivity (Wildman–Crippen MR) is 69.8 cm³/mol. The molecule has 0 saturated carbocycles. The second-order valence-electron chi connectivity index (χ2n) is 3.81. The predicted octanol–water partition coefficient (Wildman–Crippen LogP) is 2.55. The van der Waals surface area contributed by atoms with Gasteiger partial charge in [0, 0.05) is 11.8 Å². The van der Waals surface area contributed by atoms with Crippen LogP contribution in [0.1, 0.15) is 24.2 Å². The molecule has 17 heavy (non-hydrogen) atoms. The minimum Gasteiger partial charge on any atom is -0.383 e. The number of rotatable bonds is 3. The minimum atomic E-state index is -0.0311. The van der Waals surface area contributed by atoms with Crippen LogP contribution < -0.4 is 5.73 Å². The molecule has 0 radical (unpaired) electrons. The quantitative estimate of drug-likeness (QED) is 0.644. The lowest BCUT2D eigenvalue weighted by atomic mass is 10.2. The summed E-state index contributed by atoms with van der Waals surface area (Å²) >= 11 is 0. The second kappa shape index (κ2) is 5.25. The highest BCUT2D eigenvalue weighted by molar-refractivity contribution is 5.97. The third kappa shape index (κ3) is 2.91. The average molecular weight is 225 g/mol. The summed E-state index contributed by atoms with van der Waals surface area (Å²) in [6, 6.07) is 15.5. The topological polar surface area (TPSA) is 51.3 Å². The van der Waals surface area contributed by atoms with Gasteiger partial charge in [-0.3, -0.25) is 9.98 Å². The van der Waals surface area contributed by atoms with E-state index in [9.17, 15) is 0 Å². The van der Waals surface area contributed by atoms with Crippen molar-refractivity contribution in [1.82, 2.24) is 4.98 Å². The van der Waals surface area contributed by atoms with Gasteiger partial charge >= 0.3 is 0 Å². The zero-order valence-electron chi connectivity index (χ0n) is 9.75. The first kappa shape index (κ1) is 11.3. The molecule has 3 heteroatoms. The lowest BCUT2D eigenvalue weighted by Crippen LogP contribution is -2.14. The first-order chi connectivity index (χ1) is 8.27. The van der Waals surface area contributed by atoms with Crippen LogP contribution in [-0.4, -0.2) is 10.8 Å². The summed E-state index contributed by atoms with van der Waals surface area (Å²) < 4.78 is 0. The number of benzene rings is 1. The molecule has 0 aliphatic rings. The van der Waals surface area contributed by atoms with Gasteiger partial charge in [0.05, 0.1) is 11.7 Å². The lowest BCUT2D eigenvalue weighted by Gasteiger charge is -2.07. The van der Waals surface area contributed by atoms with Gasteiger partial charge in [0.15, 0.2) is 0 Å². The van der Waals surface area contributed by atoms with Crippen molar-refractivity contribution in [3.05, 3.63) is 66.0 Å². The number of nitrogens with zero attached hydrogens (tertiary/aromatic N) is 2. The number of aromatic nitrogens is 1. The first-order valence-electron chi connectivity index (χ1n) is 5.57. The highest BCUT2D eigenvalue weighted by Crippen LogP contribution is 2.14. The van der Waals surface area contributed by atoms with E-state index in [1.807, 2.05) is 55.5 Å². The van der Waals surface area contributed by atoms with Crippen LogP contribution in [0.4, 0.5) is 0 Å². The summed E-state index contributed by atoms with van der Waals surface area (Å²) in [5.41, 5.74) is 7.82. The van der Waals surface area contributed by atoms with Crippen LogP contribution in [0.15, 0.2) is 59.7 Å². The molecule has 1 aromatic heterocycles. The molecular formula is C14H15N3. The van der Waals surface area contributed by atoms with Gasteiger partial charge in [0.2, 0.25) is 0 Å². The van der Waals surface area contributed by atoms with Gasteiger partial charge in [-0.25, -0.2) is 0 Å². The fourth-order valence-electron chi connectivity index (χ4n) is 1.58. The Labute approximate surface area is 101 Å². The van der Waals surface area contributed by atoms with Crippen LogP contribution >= 0.6 is 0 Å². The van der Waals surface area contributed by atoms with Crippen molar-refractivity contribution >= 4 is 5.84 Å². The van der Waals surface area contributed by atoms with Crippen LogP contribution in [0.25, 0.3) is 0 Å². The Balaban J connectivity index is 2.20. The third-order valence-electron chi connectivity index (χ3n) is 2.52. The van der Waals surface area contributed by atoms with Crippen LogP contribution in [-0.2, 0) is 0 Å². The SMILES string of the molecule is CC(N=C(N)c1ccccc1)c1ccccn1. The molecule has 2 N–H and O–H groups in total. The van der Waals surface area contributed by atoms with Crippen molar-refractivity contribution in [3.8, 4) is 0 Å². The Morgan fingerprint density at radius 3 is 2.47 bits per heavy atom. The number of amidine groups is 1. The Hall–Kier alpha value is -2.16. The van der Waals surface area contributed by atoms with Crippen molar-refractivity contribution in [3.63, 3.8) is 0 Å². The average Bonchev–Trinajstić information content (AvgIpc) is 2.40. The van der Waals surface area contributed by atoms with E-state index in [0.29, 0.717) is 5.84 Å². The molecule has 3 nitrogen and oxygen atoms in total. The van der Waals surface area contributed by atoms with E-state index >= 15 is 0 Å². The fraction of sp³-hybridized carbons (Fsp3) is 0.143. The summed E-state index contributed by atoms with van der Waals surface area (Å²) in [4.78, 5) is 8.71. The molecule has 0 aliphatic heterocycles. The molecule has 1 heterocycles. The lowest BCUT2D eigenvalue weighted by molar-refractivity contribution is 0.782. The van der Waals surface area contributed by atoms with Crippen molar-refractivity contribution in [1.29, 1.82) is 0 Å². The molecule has 0 spiro atoms. The van der Waals surface area contributed by atoms with E-state index in [1.165, 1.54) is 0 Å². The molecule has 86 valence electrons. The molecule has 2 rings (SSSR count). The monoisotopic (exact) mass is 225 g/mol. The standard InChI is InChI=1S/C14H15N3/c1-11(13-9-5-6-10-16-13)17-14(15)12-7-3-2-4-8-12/h2-11H,1H3,(H2,15,17). The van der Waals surface area contributed by atoms with Crippen molar-refractivity contribution in [2.45, 2.75) is 13.0 Å². The van der Waals surface area contributed by atoms with E-state index in [2.05, 4.69) is 9.98 Å². The zero-order valence-corrected chi connectivity index (χ0v) is 9.75. The summed E-state index contributed by atoms with van der Waals surface area (Å²) in [6.45, 7) is 1.98. The van der Waals surface area contributed by atoms with E-state index in [0.717, 1.165) is 11.3 Å². The summed E-state index contributed by atoms with van der Waals surface area (Å²) in [6.07, 6.45) is 1.76. The molecule has 1 atom stereocenters. The van der Waals surface area contributed by atoms with Crippen LogP contribution in [0.5, 0.6) is 0 Å². The Morgan fingerprint density at radius 1 is 1.12 bits per heavy atom. The minimum absolute atomic E-state index is 0.0311. The number of nitrogens with two attached hydrogens (primary N) is 1. The maximum absolute atomic E-state index is 5.96. The van der Waals surface area contributed by atoms with Gasteiger partial charge in [0.1, 0.15) is 5.84 Å². The normalized spacial score (nSPS) is 13.4. The number of hydrogen-bond donors (Lipinski definition) is 1. The molecule has 0 saturated heterocycles. The van der Waals surface area contributed by atoms with Gasteiger partial charge in [0.25, 0.3) is 0 Å². The van der Waals surface area contributed by atoms with Crippen LogP contribution in [0.3, 0.4) is 0 Å². The van der Waals surface area contributed by atoms with Crippen molar-refractivity contribution in [2.24, 2.45) is 10.7 Å². The van der Waals surface area contributed by atoms with E-state index in [4.69, 9.17) is 5.73 Å². The fourth-order valence-corrected chi connectivity index (χ4v) is 1.58.